The zero-order valence-corrected chi connectivity index (χ0v) is 15.7. The van der Waals surface area contributed by atoms with E-state index in [1.165, 1.54) is 0 Å². The fourth-order valence-electron chi connectivity index (χ4n) is 3.16. The van der Waals surface area contributed by atoms with Gasteiger partial charge in [-0.2, -0.15) is 0 Å². The van der Waals surface area contributed by atoms with Crippen LogP contribution in [-0.2, 0) is 9.59 Å². The molecule has 1 aliphatic rings. The molecule has 1 saturated heterocycles. The molecule has 4 rings (SSSR count). The van der Waals surface area contributed by atoms with Gasteiger partial charge in [-0.25, -0.2) is 4.98 Å². The fraction of sp³-hybridized carbons (Fsp3) is 0.190. The number of anilines is 2. The van der Waals surface area contributed by atoms with Gasteiger partial charge >= 0.3 is 0 Å². The maximum atomic E-state index is 12.6. The molecule has 1 aromatic heterocycles. The number of carbonyl (C=O) groups is 2. The van der Waals surface area contributed by atoms with Gasteiger partial charge in [0.15, 0.2) is 0 Å². The van der Waals surface area contributed by atoms with Crippen LogP contribution in [0.3, 0.4) is 0 Å². The zero-order chi connectivity index (χ0) is 18.8. The van der Waals surface area contributed by atoms with E-state index >= 15 is 0 Å². The molecule has 2 amide bonds. The monoisotopic (exact) mass is 377 g/mol. The lowest BCUT2D eigenvalue weighted by Crippen LogP contribution is -2.28. The number of aryl methyl sites for hydroxylation is 1. The van der Waals surface area contributed by atoms with Gasteiger partial charge in [0.2, 0.25) is 11.8 Å². The van der Waals surface area contributed by atoms with Gasteiger partial charge in [-0.15, -0.1) is 11.3 Å². The van der Waals surface area contributed by atoms with Gasteiger partial charge in [-0.3, -0.25) is 9.59 Å². The highest BCUT2D eigenvalue weighted by molar-refractivity contribution is 7.13. The second-order valence-corrected chi connectivity index (χ2v) is 7.54. The summed E-state index contributed by atoms with van der Waals surface area (Å²) in [5.41, 5.74) is 3.72. The van der Waals surface area contributed by atoms with Crippen molar-refractivity contribution in [3.8, 4) is 10.6 Å². The van der Waals surface area contributed by atoms with Crippen molar-refractivity contribution in [2.75, 3.05) is 16.8 Å². The van der Waals surface area contributed by atoms with E-state index in [-0.39, 0.29) is 24.2 Å². The molecule has 0 bridgehead atoms. The number of nitrogens with zero attached hydrogens (tertiary/aromatic N) is 2. The van der Waals surface area contributed by atoms with E-state index in [0.29, 0.717) is 6.54 Å². The summed E-state index contributed by atoms with van der Waals surface area (Å²) in [4.78, 5) is 30.9. The summed E-state index contributed by atoms with van der Waals surface area (Å²) in [6.07, 6.45) is 2.00. The van der Waals surface area contributed by atoms with E-state index in [2.05, 4.69) is 10.3 Å². The fourth-order valence-corrected chi connectivity index (χ4v) is 3.81. The normalized spacial score (nSPS) is 16.6. The largest absolute Gasteiger partial charge is 0.326 e. The van der Waals surface area contributed by atoms with E-state index in [4.69, 9.17) is 0 Å². The topological polar surface area (TPSA) is 62.3 Å². The first kappa shape index (κ1) is 17.4. The van der Waals surface area contributed by atoms with Crippen LogP contribution in [0.25, 0.3) is 10.6 Å². The Bertz CT molecular complexity index is 950. The van der Waals surface area contributed by atoms with Crippen molar-refractivity contribution in [2.24, 2.45) is 5.92 Å². The molecule has 1 atom stereocenters. The maximum Gasteiger partial charge on any atom is 0.229 e. The standard InChI is InChI=1S/C21H19N3O2S/c1-14-2-8-18(9-3-14)24-13-16(12-19(24)25)20(26)23-17-6-4-15(5-7-17)21-22-10-11-27-21/h2-11,16H,12-13H2,1H3,(H,23,26). The molecule has 0 spiro atoms. The van der Waals surface area contributed by atoms with E-state index in [1.54, 1.807) is 22.4 Å². The first-order valence-electron chi connectivity index (χ1n) is 8.78. The van der Waals surface area contributed by atoms with Crippen molar-refractivity contribution in [1.29, 1.82) is 0 Å². The minimum absolute atomic E-state index is 0.0156. The molecule has 2 heterocycles. The van der Waals surface area contributed by atoms with Gasteiger partial charge in [0, 0.05) is 41.5 Å². The molecular weight excluding hydrogens is 358 g/mol. The van der Waals surface area contributed by atoms with Crippen LogP contribution in [-0.4, -0.2) is 23.3 Å². The second kappa shape index (κ2) is 7.32. The van der Waals surface area contributed by atoms with E-state index < -0.39 is 0 Å². The molecule has 1 unspecified atom stereocenters. The second-order valence-electron chi connectivity index (χ2n) is 6.64. The number of nitrogens with one attached hydrogen (secondary N) is 1. The van der Waals surface area contributed by atoms with Gasteiger partial charge in [0.25, 0.3) is 0 Å². The number of thiazole rings is 1. The highest BCUT2D eigenvalue weighted by Crippen LogP contribution is 2.27. The Labute approximate surface area is 161 Å². The summed E-state index contributed by atoms with van der Waals surface area (Å²) < 4.78 is 0. The molecule has 27 heavy (non-hydrogen) atoms. The lowest BCUT2D eigenvalue weighted by molar-refractivity contribution is -0.122. The highest BCUT2D eigenvalue weighted by atomic mass is 32.1. The average Bonchev–Trinajstić information content (AvgIpc) is 3.33. The average molecular weight is 377 g/mol. The lowest BCUT2D eigenvalue weighted by Gasteiger charge is -2.17. The van der Waals surface area contributed by atoms with Crippen LogP contribution in [0.15, 0.2) is 60.1 Å². The first-order valence-corrected chi connectivity index (χ1v) is 9.66. The number of aromatic nitrogens is 1. The molecule has 0 radical (unpaired) electrons. The van der Waals surface area contributed by atoms with Gasteiger partial charge < -0.3 is 10.2 Å². The summed E-state index contributed by atoms with van der Waals surface area (Å²) in [6.45, 7) is 2.41. The summed E-state index contributed by atoms with van der Waals surface area (Å²) >= 11 is 1.57. The summed E-state index contributed by atoms with van der Waals surface area (Å²) in [7, 11) is 0. The van der Waals surface area contributed by atoms with E-state index in [1.807, 2.05) is 60.8 Å². The van der Waals surface area contributed by atoms with Crippen LogP contribution in [0.2, 0.25) is 0 Å². The molecule has 136 valence electrons. The summed E-state index contributed by atoms with van der Waals surface area (Å²) in [5.74, 6) is -0.490. The van der Waals surface area contributed by atoms with Crippen molar-refractivity contribution in [3.63, 3.8) is 0 Å². The first-order chi connectivity index (χ1) is 13.1. The van der Waals surface area contributed by atoms with E-state index in [9.17, 15) is 9.59 Å². The Morgan fingerprint density at radius 2 is 1.89 bits per heavy atom. The molecule has 0 aliphatic carbocycles. The quantitative estimate of drug-likeness (QED) is 0.744. The number of rotatable bonds is 4. The Hall–Kier alpha value is -2.99. The van der Waals surface area contributed by atoms with Gasteiger partial charge in [0.1, 0.15) is 5.01 Å². The third-order valence-electron chi connectivity index (χ3n) is 4.67. The molecule has 6 heteroatoms. The van der Waals surface area contributed by atoms with Crippen molar-refractivity contribution in [2.45, 2.75) is 13.3 Å². The van der Waals surface area contributed by atoms with Gasteiger partial charge in [-0.05, 0) is 43.3 Å². The number of hydrogen-bond donors (Lipinski definition) is 1. The van der Waals surface area contributed by atoms with Crippen molar-refractivity contribution in [1.82, 2.24) is 4.98 Å². The minimum Gasteiger partial charge on any atom is -0.326 e. The highest BCUT2D eigenvalue weighted by Gasteiger charge is 2.35. The molecule has 1 aliphatic heterocycles. The van der Waals surface area contributed by atoms with Gasteiger partial charge in [-0.1, -0.05) is 17.7 Å². The number of amides is 2. The molecule has 3 aromatic rings. The van der Waals surface area contributed by atoms with Gasteiger partial charge in [0.05, 0.1) is 5.92 Å². The predicted octanol–water partition coefficient (Wildman–Crippen LogP) is 4.11. The van der Waals surface area contributed by atoms with Crippen LogP contribution >= 0.6 is 11.3 Å². The third kappa shape index (κ3) is 3.75. The van der Waals surface area contributed by atoms with Crippen LogP contribution in [0.4, 0.5) is 11.4 Å². The molecule has 1 N–H and O–H groups in total. The summed E-state index contributed by atoms with van der Waals surface area (Å²) in [6, 6.07) is 15.4. The van der Waals surface area contributed by atoms with Crippen molar-refractivity contribution < 1.29 is 9.59 Å². The van der Waals surface area contributed by atoms with E-state index in [0.717, 1.165) is 27.5 Å². The Kier molecular flexibility index (Phi) is 4.73. The van der Waals surface area contributed by atoms with Crippen LogP contribution in [0, 0.1) is 12.8 Å². The van der Waals surface area contributed by atoms with Crippen LogP contribution in [0.1, 0.15) is 12.0 Å². The zero-order valence-electron chi connectivity index (χ0n) is 14.9. The van der Waals surface area contributed by atoms with Crippen molar-refractivity contribution in [3.05, 3.63) is 65.7 Å². The molecule has 2 aromatic carbocycles. The number of carbonyl (C=O) groups excluding carboxylic acids is 2. The smallest absolute Gasteiger partial charge is 0.229 e. The van der Waals surface area contributed by atoms with Crippen LogP contribution in [0.5, 0.6) is 0 Å². The minimum atomic E-state index is -0.350. The predicted molar refractivity (Wildman–Crippen MR) is 108 cm³/mol. The molecular formula is C21H19N3O2S. The Morgan fingerprint density at radius 1 is 1.15 bits per heavy atom. The number of benzene rings is 2. The number of hydrogen-bond acceptors (Lipinski definition) is 4. The summed E-state index contributed by atoms with van der Waals surface area (Å²) in [5, 5.41) is 5.80. The maximum absolute atomic E-state index is 12.6. The van der Waals surface area contributed by atoms with Crippen LogP contribution < -0.4 is 10.2 Å². The molecule has 5 nitrogen and oxygen atoms in total. The lowest BCUT2D eigenvalue weighted by atomic mass is 10.1. The third-order valence-corrected chi connectivity index (χ3v) is 5.50. The molecule has 1 fully saturated rings. The Morgan fingerprint density at radius 3 is 2.56 bits per heavy atom. The SMILES string of the molecule is Cc1ccc(N2CC(C(=O)Nc3ccc(-c4nccs4)cc3)CC2=O)cc1. The molecule has 0 saturated carbocycles. The van der Waals surface area contributed by atoms with Crippen molar-refractivity contribution >= 4 is 34.5 Å². The Balaban J connectivity index is 1.41.